The minimum atomic E-state index is -0.526. The van der Waals surface area contributed by atoms with E-state index in [1.165, 1.54) is 4.90 Å². The number of carbonyl (C=O) groups excluding carboxylic acids is 1. The van der Waals surface area contributed by atoms with Crippen LogP contribution in [-0.4, -0.2) is 35.4 Å². The molecule has 3 aliphatic heterocycles. The molecule has 2 saturated heterocycles. The normalized spacial score (nSPS) is 46.6. The molecule has 0 unspecified atom stereocenters. The van der Waals surface area contributed by atoms with E-state index in [4.69, 9.17) is 9.47 Å². The van der Waals surface area contributed by atoms with Crippen molar-refractivity contribution in [3.05, 3.63) is 42.5 Å². The van der Waals surface area contributed by atoms with E-state index in [0.29, 0.717) is 0 Å². The van der Waals surface area contributed by atoms with Crippen LogP contribution in [-0.2, 0) is 14.3 Å². The minimum absolute atomic E-state index is 0.00694. The first-order chi connectivity index (χ1) is 9.79. The van der Waals surface area contributed by atoms with Gasteiger partial charge in [-0.2, -0.15) is 0 Å². The Kier molecular flexibility index (Phi) is 2.17. The molecular formula is C16H14O3S. The summed E-state index contributed by atoms with van der Waals surface area (Å²) in [5.74, 6) is 1.30. The zero-order valence-corrected chi connectivity index (χ0v) is 11.6. The molecule has 1 aromatic carbocycles. The number of epoxide rings is 1. The van der Waals surface area contributed by atoms with E-state index in [-0.39, 0.29) is 35.9 Å². The molecule has 0 spiro atoms. The highest BCUT2D eigenvalue weighted by molar-refractivity contribution is 7.99. The Morgan fingerprint density at radius 3 is 2.75 bits per heavy atom. The lowest BCUT2D eigenvalue weighted by Gasteiger charge is -2.18. The standard InChI is InChI=1S/C16H14O3S/c17-14-12-10-6-7-11(18-10)13(12)15-16(14,19-15)8-20-9-4-2-1-3-5-9/h1-7,10-13,15H,8H2/t10-,11+,12-,13+,15-,16+/m1/s1. The summed E-state index contributed by atoms with van der Waals surface area (Å²) in [6, 6.07) is 10.2. The highest BCUT2D eigenvalue weighted by Crippen LogP contribution is 2.61. The molecule has 4 heteroatoms. The van der Waals surface area contributed by atoms with Gasteiger partial charge in [0.1, 0.15) is 6.10 Å². The molecule has 102 valence electrons. The van der Waals surface area contributed by atoms with Crippen molar-refractivity contribution in [2.24, 2.45) is 11.8 Å². The van der Waals surface area contributed by atoms with Crippen LogP contribution in [0.25, 0.3) is 0 Å². The monoisotopic (exact) mass is 286 g/mol. The molecule has 0 amide bonds. The highest BCUT2D eigenvalue weighted by atomic mass is 32.2. The van der Waals surface area contributed by atoms with E-state index in [2.05, 4.69) is 18.2 Å². The third-order valence-corrected chi connectivity index (χ3v) is 6.14. The lowest BCUT2D eigenvalue weighted by molar-refractivity contribution is -0.128. The fourth-order valence-electron chi connectivity index (χ4n) is 3.98. The van der Waals surface area contributed by atoms with Crippen LogP contribution in [0.2, 0.25) is 0 Å². The summed E-state index contributed by atoms with van der Waals surface area (Å²) in [6.07, 6.45) is 4.34. The number of hydrogen-bond acceptors (Lipinski definition) is 4. The topological polar surface area (TPSA) is 38.8 Å². The number of hydrogen-bond donors (Lipinski definition) is 0. The van der Waals surface area contributed by atoms with E-state index < -0.39 is 5.60 Å². The van der Waals surface area contributed by atoms with Crippen LogP contribution in [0.4, 0.5) is 0 Å². The van der Waals surface area contributed by atoms with Gasteiger partial charge < -0.3 is 9.47 Å². The molecule has 1 saturated carbocycles. The molecule has 2 bridgehead atoms. The second-order valence-corrected chi connectivity index (χ2v) is 7.00. The number of carbonyl (C=O) groups is 1. The van der Waals surface area contributed by atoms with Gasteiger partial charge in [0.15, 0.2) is 11.4 Å². The number of ether oxygens (including phenoxy) is 2. The van der Waals surface area contributed by atoms with Crippen LogP contribution in [0.15, 0.2) is 47.4 Å². The van der Waals surface area contributed by atoms with Gasteiger partial charge in [0, 0.05) is 16.6 Å². The van der Waals surface area contributed by atoms with Gasteiger partial charge in [-0.25, -0.2) is 0 Å². The van der Waals surface area contributed by atoms with Crippen molar-refractivity contribution in [1.29, 1.82) is 0 Å². The lowest BCUT2D eigenvalue weighted by atomic mass is 9.85. The summed E-state index contributed by atoms with van der Waals surface area (Å²) in [7, 11) is 0. The largest absolute Gasteiger partial charge is 0.366 e. The summed E-state index contributed by atoms with van der Waals surface area (Å²) < 4.78 is 11.7. The molecule has 4 aliphatic rings. The number of Topliss-reactive ketones (excluding diaryl/α,β-unsaturated/α-hetero) is 1. The first-order valence-corrected chi connectivity index (χ1v) is 8.02. The smallest absolute Gasteiger partial charge is 0.174 e. The van der Waals surface area contributed by atoms with Crippen molar-refractivity contribution >= 4 is 17.5 Å². The minimum Gasteiger partial charge on any atom is -0.366 e. The molecule has 1 aliphatic carbocycles. The Hall–Kier alpha value is -1.10. The van der Waals surface area contributed by atoms with Gasteiger partial charge in [0.25, 0.3) is 0 Å². The fraction of sp³-hybridized carbons (Fsp3) is 0.438. The van der Waals surface area contributed by atoms with Crippen molar-refractivity contribution < 1.29 is 14.3 Å². The SMILES string of the molecule is O=C1[C@H]2[C@H]([C@@H]3C=C[C@H]2O3)[C@H]2O[C@@]12CSc1ccccc1. The molecule has 3 nitrogen and oxygen atoms in total. The second kappa shape index (κ2) is 3.75. The van der Waals surface area contributed by atoms with Gasteiger partial charge >= 0.3 is 0 Å². The average molecular weight is 286 g/mol. The molecule has 0 N–H and O–H groups in total. The predicted molar refractivity (Wildman–Crippen MR) is 74.6 cm³/mol. The third kappa shape index (κ3) is 1.32. The van der Waals surface area contributed by atoms with Crippen LogP contribution in [0.3, 0.4) is 0 Å². The number of fused-ring (bicyclic) bond motifs is 7. The average Bonchev–Trinajstić information content (AvgIpc) is 2.80. The summed E-state index contributed by atoms with van der Waals surface area (Å²) in [5.41, 5.74) is -0.526. The molecule has 5 rings (SSSR count). The van der Waals surface area contributed by atoms with Gasteiger partial charge in [-0.3, -0.25) is 4.79 Å². The quantitative estimate of drug-likeness (QED) is 0.484. The Bertz CT molecular complexity index is 613. The van der Waals surface area contributed by atoms with Gasteiger partial charge in [-0.1, -0.05) is 30.4 Å². The molecule has 0 aromatic heterocycles. The van der Waals surface area contributed by atoms with E-state index in [9.17, 15) is 4.79 Å². The number of rotatable bonds is 3. The van der Waals surface area contributed by atoms with Crippen LogP contribution in [0.1, 0.15) is 0 Å². The zero-order valence-electron chi connectivity index (χ0n) is 10.8. The third-order valence-electron chi connectivity index (χ3n) is 4.96. The van der Waals surface area contributed by atoms with Crippen LogP contribution < -0.4 is 0 Å². The van der Waals surface area contributed by atoms with Crippen molar-refractivity contribution in [3.8, 4) is 0 Å². The first kappa shape index (κ1) is 11.5. The molecule has 20 heavy (non-hydrogen) atoms. The molecule has 3 fully saturated rings. The maximum Gasteiger partial charge on any atom is 0.174 e. The number of benzene rings is 1. The lowest BCUT2D eigenvalue weighted by Crippen LogP contribution is -2.34. The second-order valence-electron chi connectivity index (χ2n) is 5.95. The zero-order chi connectivity index (χ0) is 13.3. The van der Waals surface area contributed by atoms with Gasteiger partial charge in [-0.15, -0.1) is 11.8 Å². The Morgan fingerprint density at radius 1 is 1.15 bits per heavy atom. The molecular weight excluding hydrogens is 272 g/mol. The predicted octanol–water partition coefficient (Wildman–Crippen LogP) is 2.07. The van der Waals surface area contributed by atoms with Gasteiger partial charge in [0.2, 0.25) is 0 Å². The summed E-state index contributed by atoms with van der Waals surface area (Å²) in [4.78, 5) is 13.9. The summed E-state index contributed by atoms with van der Waals surface area (Å²) in [5, 5.41) is 0. The molecule has 6 atom stereocenters. The Labute approximate surface area is 121 Å². The maximum absolute atomic E-state index is 12.7. The van der Waals surface area contributed by atoms with Crippen LogP contribution in [0, 0.1) is 11.8 Å². The Balaban J connectivity index is 1.38. The fourth-order valence-corrected chi connectivity index (χ4v) is 5.08. The highest BCUT2D eigenvalue weighted by Gasteiger charge is 2.78. The van der Waals surface area contributed by atoms with Crippen molar-refractivity contribution in [2.75, 3.05) is 5.75 Å². The van der Waals surface area contributed by atoms with E-state index >= 15 is 0 Å². The van der Waals surface area contributed by atoms with Crippen molar-refractivity contribution in [1.82, 2.24) is 0 Å². The maximum atomic E-state index is 12.7. The van der Waals surface area contributed by atoms with Gasteiger partial charge in [0.05, 0.1) is 18.1 Å². The van der Waals surface area contributed by atoms with Crippen molar-refractivity contribution in [3.63, 3.8) is 0 Å². The van der Waals surface area contributed by atoms with Crippen LogP contribution in [0.5, 0.6) is 0 Å². The summed E-state index contributed by atoms with van der Waals surface area (Å²) >= 11 is 1.72. The van der Waals surface area contributed by atoms with E-state index in [1.54, 1.807) is 11.8 Å². The van der Waals surface area contributed by atoms with Gasteiger partial charge in [-0.05, 0) is 12.1 Å². The molecule has 1 aromatic rings. The Morgan fingerprint density at radius 2 is 1.95 bits per heavy atom. The number of thioether (sulfide) groups is 1. The summed E-state index contributed by atoms with van der Waals surface area (Å²) in [6.45, 7) is 0. The van der Waals surface area contributed by atoms with Crippen LogP contribution >= 0.6 is 11.8 Å². The molecule has 0 radical (unpaired) electrons. The first-order valence-electron chi connectivity index (χ1n) is 7.03. The molecule has 3 heterocycles. The van der Waals surface area contributed by atoms with E-state index in [0.717, 1.165) is 5.75 Å². The van der Waals surface area contributed by atoms with E-state index in [1.807, 2.05) is 24.3 Å². The van der Waals surface area contributed by atoms with Crippen molar-refractivity contribution in [2.45, 2.75) is 28.8 Å². The number of ketones is 1.